The molecule has 0 radical (unpaired) electrons. The molecule has 3 nitrogen and oxygen atoms in total. The van der Waals surface area contributed by atoms with Gasteiger partial charge in [-0.3, -0.25) is 4.18 Å². The van der Waals surface area contributed by atoms with Crippen molar-refractivity contribution in [2.75, 3.05) is 6.61 Å². The molecule has 0 aliphatic carbocycles. The zero-order valence-electron chi connectivity index (χ0n) is 15.9. The van der Waals surface area contributed by atoms with Crippen LogP contribution in [0, 0.1) is 0 Å². The smallest absolute Gasteiger partial charge is 0.267 e. The van der Waals surface area contributed by atoms with E-state index in [-0.39, 0.29) is 6.61 Å². The highest BCUT2D eigenvalue weighted by Crippen LogP contribution is 2.17. The summed E-state index contributed by atoms with van der Waals surface area (Å²) in [6, 6.07) is 6.91. The summed E-state index contributed by atoms with van der Waals surface area (Å²) in [6.45, 7) is 7.91. The van der Waals surface area contributed by atoms with Gasteiger partial charge in [-0.05, 0) is 55.2 Å². The molecule has 0 unspecified atom stereocenters. The normalized spacial score (nSPS) is 11.6. The second-order valence-electron chi connectivity index (χ2n) is 6.66. The molecule has 0 bridgehead atoms. The standard InChI is InChI=1S/C21H34O3S/c1-4-7-9-12-19-16-20(13-10-8-5-2)18-21(17-19)14-11-15-24-25(22,23)6-3/h6,16-18H,3-5,7-15H2,1-2H3. The van der Waals surface area contributed by atoms with Gasteiger partial charge >= 0.3 is 0 Å². The largest absolute Gasteiger partial charge is 0.289 e. The fraction of sp³-hybridized carbons (Fsp3) is 0.619. The van der Waals surface area contributed by atoms with Gasteiger partial charge in [0.25, 0.3) is 10.1 Å². The van der Waals surface area contributed by atoms with Crippen molar-refractivity contribution in [2.45, 2.75) is 78.1 Å². The van der Waals surface area contributed by atoms with E-state index in [2.05, 4.69) is 38.6 Å². The number of aryl methyl sites for hydroxylation is 3. The molecule has 1 aromatic rings. The lowest BCUT2D eigenvalue weighted by Crippen LogP contribution is -2.04. The molecule has 1 aromatic carbocycles. The summed E-state index contributed by atoms with van der Waals surface area (Å²) in [5.41, 5.74) is 4.12. The summed E-state index contributed by atoms with van der Waals surface area (Å²) < 4.78 is 27.4. The van der Waals surface area contributed by atoms with Crippen LogP contribution in [0.5, 0.6) is 0 Å². The first kappa shape index (κ1) is 21.9. The Balaban J connectivity index is 2.65. The van der Waals surface area contributed by atoms with Gasteiger partial charge in [0.05, 0.1) is 12.0 Å². The van der Waals surface area contributed by atoms with Crippen molar-refractivity contribution in [2.24, 2.45) is 0 Å². The summed E-state index contributed by atoms with van der Waals surface area (Å²) in [7, 11) is -3.56. The second-order valence-corrected chi connectivity index (χ2v) is 8.21. The third-order valence-corrected chi connectivity index (χ3v) is 5.22. The van der Waals surface area contributed by atoms with E-state index >= 15 is 0 Å². The van der Waals surface area contributed by atoms with Gasteiger partial charge in [-0.15, -0.1) is 0 Å². The van der Waals surface area contributed by atoms with E-state index in [4.69, 9.17) is 4.18 Å². The molecule has 0 spiro atoms. The topological polar surface area (TPSA) is 43.4 Å². The second kappa shape index (κ2) is 12.3. The SMILES string of the molecule is C=CS(=O)(=O)OCCCc1cc(CCCCC)cc(CCCCC)c1. The summed E-state index contributed by atoms with van der Waals surface area (Å²) in [4.78, 5) is 0. The zero-order valence-corrected chi connectivity index (χ0v) is 16.7. The summed E-state index contributed by atoms with van der Waals surface area (Å²) in [5, 5.41) is 0.854. The number of benzene rings is 1. The van der Waals surface area contributed by atoms with Crippen LogP contribution in [0.15, 0.2) is 30.2 Å². The van der Waals surface area contributed by atoms with Gasteiger partial charge in [0, 0.05) is 0 Å². The number of hydrogen-bond donors (Lipinski definition) is 0. The average molecular weight is 367 g/mol. The summed E-state index contributed by atoms with van der Waals surface area (Å²) in [6.07, 6.45) is 11.3. The molecule has 0 saturated heterocycles. The van der Waals surface area contributed by atoms with Gasteiger partial charge in [-0.1, -0.05) is 64.3 Å². The van der Waals surface area contributed by atoms with Gasteiger partial charge in [0.15, 0.2) is 0 Å². The minimum atomic E-state index is -3.56. The van der Waals surface area contributed by atoms with E-state index in [0.29, 0.717) is 6.42 Å². The molecule has 4 heteroatoms. The van der Waals surface area contributed by atoms with E-state index in [0.717, 1.165) is 24.7 Å². The van der Waals surface area contributed by atoms with Crippen molar-refractivity contribution in [3.05, 3.63) is 46.9 Å². The molecular formula is C21H34O3S. The highest BCUT2D eigenvalue weighted by atomic mass is 32.2. The van der Waals surface area contributed by atoms with E-state index in [9.17, 15) is 8.42 Å². The van der Waals surface area contributed by atoms with Crippen LogP contribution in [0.4, 0.5) is 0 Å². The molecule has 0 heterocycles. The quantitative estimate of drug-likeness (QED) is 0.319. The van der Waals surface area contributed by atoms with Crippen molar-refractivity contribution in [1.82, 2.24) is 0 Å². The maximum atomic E-state index is 11.3. The fourth-order valence-corrected chi connectivity index (χ4v) is 3.38. The predicted octanol–water partition coefficient (Wildman–Crippen LogP) is 5.57. The summed E-state index contributed by atoms with van der Waals surface area (Å²) >= 11 is 0. The molecule has 0 aliphatic rings. The molecule has 1 rings (SSSR count). The van der Waals surface area contributed by atoms with Gasteiger partial charge in [0.1, 0.15) is 0 Å². The van der Waals surface area contributed by atoms with Crippen molar-refractivity contribution in [3.8, 4) is 0 Å². The minimum Gasteiger partial charge on any atom is -0.267 e. The molecule has 0 atom stereocenters. The lowest BCUT2D eigenvalue weighted by atomic mass is 9.96. The van der Waals surface area contributed by atoms with Crippen molar-refractivity contribution in [1.29, 1.82) is 0 Å². The van der Waals surface area contributed by atoms with Gasteiger partial charge < -0.3 is 0 Å². The lowest BCUT2D eigenvalue weighted by molar-refractivity contribution is 0.318. The first-order valence-corrected chi connectivity index (χ1v) is 11.1. The van der Waals surface area contributed by atoms with Gasteiger partial charge in [0.2, 0.25) is 0 Å². The first-order chi connectivity index (χ1) is 12.0. The number of hydrogen-bond acceptors (Lipinski definition) is 3. The zero-order chi connectivity index (χ0) is 18.5. The Labute approximate surface area is 154 Å². The van der Waals surface area contributed by atoms with Crippen molar-refractivity contribution >= 4 is 10.1 Å². The molecule has 0 aromatic heterocycles. The number of rotatable bonds is 14. The van der Waals surface area contributed by atoms with Crippen LogP contribution >= 0.6 is 0 Å². The average Bonchev–Trinajstić information content (AvgIpc) is 2.59. The van der Waals surface area contributed by atoms with Gasteiger partial charge in [-0.2, -0.15) is 8.42 Å². The van der Waals surface area contributed by atoms with Crippen LogP contribution in [-0.4, -0.2) is 15.0 Å². The molecule has 25 heavy (non-hydrogen) atoms. The maximum Gasteiger partial charge on any atom is 0.289 e. The number of unbranched alkanes of at least 4 members (excludes halogenated alkanes) is 4. The van der Waals surface area contributed by atoms with E-state index in [1.54, 1.807) is 0 Å². The Kier molecular flexibility index (Phi) is 10.7. The van der Waals surface area contributed by atoms with Crippen LogP contribution in [0.25, 0.3) is 0 Å². The van der Waals surface area contributed by atoms with Crippen LogP contribution in [-0.2, 0) is 33.6 Å². The molecular weight excluding hydrogens is 332 g/mol. The Morgan fingerprint density at radius 2 is 1.28 bits per heavy atom. The molecule has 0 fully saturated rings. The fourth-order valence-electron chi connectivity index (χ4n) is 2.93. The van der Waals surface area contributed by atoms with Crippen LogP contribution in [0.2, 0.25) is 0 Å². The highest BCUT2D eigenvalue weighted by Gasteiger charge is 2.06. The first-order valence-electron chi connectivity index (χ1n) is 9.64. The third-order valence-electron chi connectivity index (χ3n) is 4.31. The predicted molar refractivity (Wildman–Crippen MR) is 106 cm³/mol. The molecule has 0 amide bonds. The van der Waals surface area contributed by atoms with E-state index < -0.39 is 10.1 Å². The Hall–Kier alpha value is -1.13. The van der Waals surface area contributed by atoms with Crippen molar-refractivity contribution in [3.63, 3.8) is 0 Å². The molecule has 0 N–H and O–H groups in total. The summed E-state index contributed by atoms with van der Waals surface area (Å²) in [5.74, 6) is 0. The minimum absolute atomic E-state index is 0.208. The lowest BCUT2D eigenvalue weighted by Gasteiger charge is -2.10. The van der Waals surface area contributed by atoms with E-state index in [1.807, 2.05) is 0 Å². The Morgan fingerprint density at radius 1 is 0.840 bits per heavy atom. The Bertz CT molecular complexity index is 577. The van der Waals surface area contributed by atoms with E-state index in [1.165, 1.54) is 55.2 Å². The van der Waals surface area contributed by atoms with Crippen LogP contribution in [0.3, 0.4) is 0 Å². The molecule has 0 saturated carbocycles. The molecule has 0 aliphatic heterocycles. The highest BCUT2D eigenvalue weighted by molar-refractivity contribution is 7.89. The van der Waals surface area contributed by atoms with Crippen LogP contribution in [0.1, 0.15) is 75.5 Å². The Morgan fingerprint density at radius 3 is 1.68 bits per heavy atom. The third kappa shape index (κ3) is 9.81. The monoisotopic (exact) mass is 366 g/mol. The van der Waals surface area contributed by atoms with Crippen LogP contribution < -0.4 is 0 Å². The molecule has 142 valence electrons. The van der Waals surface area contributed by atoms with Gasteiger partial charge in [-0.25, -0.2) is 0 Å². The van der Waals surface area contributed by atoms with Crippen molar-refractivity contribution < 1.29 is 12.6 Å². The maximum absolute atomic E-state index is 11.3.